The topological polar surface area (TPSA) is 116 Å². The van der Waals surface area contributed by atoms with Crippen LogP contribution in [0.5, 0.6) is 11.5 Å². The molecule has 12 nitrogen and oxygen atoms in total. The third kappa shape index (κ3) is 7.93. The van der Waals surface area contributed by atoms with Gasteiger partial charge in [-0.3, -0.25) is 9.69 Å². The number of aromatic hydroxyl groups is 1. The number of phenols is 1. The summed E-state index contributed by atoms with van der Waals surface area (Å²) in [5, 5.41) is 21.4. The van der Waals surface area contributed by atoms with Gasteiger partial charge < -0.3 is 29.0 Å². The molecule has 2 atom stereocenters. The van der Waals surface area contributed by atoms with E-state index in [0.29, 0.717) is 54.3 Å². The molecule has 0 aliphatic carbocycles. The number of para-hydroxylation sites is 1. The number of rotatable bonds is 13. The molecule has 3 aliphatic rings. The molecule has 1 N–H and O–H groups in total. The lowest BCUT2D eigenvalue weighted by Crippen LogP contribution is -2.58. The normalized spacial score (nSPS) is 18.2. The SMILES string of the molecule is O=c1cc2c(nn1-c1c(O)cccc1F)c(-c1ccc(N3CCN4CCOC[C@H]4C3)c(OCCCOC3CCCCO3)c1)nn2C(c1ccccc1)(c1ccccc1)c1ccccc1. The maximum absolute atomic E-state index is 15.6. The van der Waals surface area contributed by atoms with E-state index in [2.05, 4.69) is 52.3 Å². The number of aromatic nitrogens is 4. The maximum atomic E-state index is 15.6. The number of anilines is 1. The molecule has 1 unspecified atom stereocenters. The Morgan fingerprint density at radius 1 is 0.781 bits per heavy atom. The molecule has 10 rings (SSSR count). The second-order valence-corrected chi connectivity index (χ2v) is 16.6. The maximum Gasteiger partial charge on any atom is 0.273 e. The molecular formula is C51H51FN6O6. The largest absolute Gasteiger partial charge is 0.506 e. The van der Waals surface area contributed by atoms with Crippen LogP contribution >= 0.6 is 0 Å². The quantitative estimate of drug-likeness (QED) is 0.0911. The Labute approximate surface area is 371 Å². The van der Waals surface area contributed by atoms with Crippen LogP contribution in [0.25, 0.3) is 28.0 Å². The number of piperazine rings is 1. The van der Waals surface area contributed by atoms with Crippen LogP contribution < -0.4 is 15.2 Å². The smallest absolute Gasteiger partial charge is 0.273 e. The first-order valence-corrected chi connectivity index (χ1v) is 22.2. The number of hydrogen-bond acceptors (Lipinski definition) is 10. The van der Waals surface area contributed by atoms with Gasteiger partial charge in [0.05, 0.1) is 43.7 Å². The molecule has 0 bridgehead atoms. The molecule has 3 saturated heterocycles. The summed E-state index contributed by atoms with van der Waals surface area (Å²) in [7, 11) is 0. The lowest BCUT2D eigenvalue weighted by molar-refractivity contribution is -0.163. The van der Waals surface area contributed by atoms with Crippen LogP contribution in [0.1, 0.15) is 42.4 Å². The summed E-state index contributed by atoms with van der Waals surface area (Å²) >= 11 is 0. The molecule has 0 radical (unpaired) electrons. The number of fused-ring (bicyclic) bond motifs is 2. The number of benzene rings is 5. The van der Waals surface area contributed by atoms with Crippen LogP contribution in [0.4, 0.5) is 10.1 Å². The number of hydrogen-bond donors (Lipinski definition) is 1. The van der Waals surface area contributed by atoms with Gasteiger partial charge in [-0.1, -0.05) is 103 Å². The van der Waals surface area contributed by atoms with Crippen molar-refractivity contribution in [1.29, 1.82) is 0 Å². The Balaban J connectivity index is 1.16. The minimum atomic E-state index is -1.12. The average molecular weight is 863 g/mol. The summed E-state index contributed by atoms with van der Waals surface area (Å²) < 4.78 is 42.9. The number of phenolic OH excluding ortho intramolecular Hbond substituents is 1. The van der Waals surface area contributed by atoms with Crippen molar-refractivity contribution in [1.82, 2.24) is 24.5 Å². The van der Waals surface area contributed by atoms with Crippen LogP contribution in [0, 0.1) is 5.82 Å². The van der Waals surface area contributed by atoms with E-state index in [1.54, 1.807) is 0 Å². The van der Waals surface area contributed by atoms with Crippen molar-refractivity contribution < 1.29 is 28.4 Å². The van der Waals surface area contributed by atoms with Gasteiger partial charge in [0.15, 0.2) is 12.1 Å². The molecule has 13 heteroatoms. The fraction of sp³-hybridized carbons (Fsp3) is 0.314. The molecular weight excluding hydrogens is 812 g/mol. The standard InChI is InChI=1S/C51H51FN6O6/c52-41-20-12-21-44(59)50(41)57-46(60)33-43-49(53-57)48(54-58(43)51(37-14-4-1-5-15-37,38-16-6-2-7-17-38)39-18-8-3-9-19-39)36-23-24-42(56-26-25-55-27-31-61-35-40(55)34-56)45(32-36)62-29-13-30-64-47-22-10-11-28-63-47/h1-9,12,14-21,23-24,32-33,40,47,59H,10-11,13,22,25-31,34-35H2/t40-,47?/m1/s1. The van der Waals surface area contributed by atoms with Crippen LogP contribution in [0.3, 0.4) is 0 Å². The molecule has 5 heterocycles. The fourth-order valence-electron chi connectivity index (χ4n) is 9.51. The van der Waals surface area contributed by atoms with Gasteiger partial charge in [-0.05, 0) is 60.2 Å². The van der Waals surface area contributed by atoms with Gasteiger partial charge in [0.2, 0.25) is 0 Å². The average Bonchev–Trinajstić information content (AvgIpc) is 3.70. The van der Waals surface area contributed by atoms with Gasteiger partial charge in [-0.15, -0.1) is 0 Å². The molecule has 328 valence electrons. The van der Waals surface area contributed by atoms with Crippen molar-refractivity contribution in [3.63, 3.8) is 0 Å². The highest BCUT2D eigenvalue weighted by Gasteiger charge is 2.42. The molecule has 0 saturated carbocycles. The Morgan fingerprint density at radius 2 is 1.52 bits per heavy atom. The third-order valence-electron chi connectivity index (χ3n) is 12.6. The second-order valence-electron chi connectivity index (χ2n) is 16.6. The lowest BCUT2D eigenvalue weighted by atomic mass is 9.77. The summed E-state index contributed by atoms with van der Waals surface area (Å²) in [5.41, 5.74) is 3.36. The number of ether oxygens (including phenoxy) is 4. The summed E-state index contributed by atoms with van der Waals surface area (Å²) in [6.45, 7) is 6.45. The first-order chi connectivity index (χ1) is 31.5. The Hall–Kier alpha value is -6.38. The zero-order valence-corrected chi connectivity index (χ0v) is 35.6. The first kappa shape index (κ1) is 41.6. The molecule has 7 aromatic rings. The van der Waals surface area contributed by atoms with E-state index in [0.717, 1.165) is 85.7 Å². The Kier molecular flexibility index (Phi) is 12.0. The molecule has 2 aromatic heterocycles. The van der Waals surface area contributed by atoms with E-state index < -0.39 is 22.7 Å². The van der Waals surface area contributed by atoms with Gasteiger partial charge in [0.25, 0.3) is 5.56 Å². The van der Waals surface area contributed by atoms with Crippen molar-refractivity contribution >= 4 is 16.7 Å². The molecule has 0 amide bonds. The highest BCUT2D eigenvalue weighted by molar-refractivity contribution is 5.91. The Bertz CT molecular complexity index is 2650. The van der Waals surface area contributed by atoms with E-state index in [-0.39, 0.29) is 18.0 Å². The number of morpholine rings is 1. The third-order valence-corrected chi connectivity index (χ3v) is 12.6. The highest BCUT2D eigenvalue weighted by atomic mass is 19.1. The van der Waals surface area contributed by atoms with E-state index in [1.165, 1.54) is 24.3 Å². The van der Waals surface area contributed by atoms with Gasteiger partial charge in [0.1, 0.15) is 33.9 Å². The van der Waals surface area contributed by atoms with E-state index in [4.69, 9.17) is 29.1 Å². The van der Waals surface area contributed by atoms with Crippen molar-refractivity contribution in [2.75, 3.05) is 64.1 Å². The second kappa shape index (κ2) is 18.4. The van der Waals surface area contributed by atoms with Crippen LogP contribution in [0.2, 0.25) is 0 Å². The zero-order valence-electron chi connectivity index (χ0n) is 35.6. The van der Waals surface area contributed by atoms with Crippen LogP contribution in [0.15, 0.2) is 138 Å². The first-order valence-electron chi connectivity index (χ1n) is 22.2. The number of halogens is 1. The van der Waals surface area contributed by atoms with Gasteiger partial charge >= 0.3 is 0 Å². The summed E-state index contributed by atoms with van der Waals surface area (Å²) in [4.78, 5) is 19.2. The number of nitrogens with zero attached hydrogens (tertiary/aromatic N) is 6. The molecule has 64 heavy (non-hydrogen) atoms. The van der Waals surface area contributed by atoms with Crippen molar-refractivity contribution in [2.24, 2.45) is 0 Å². The summed E-state index contributed by atoms with van der Waals surface area (Å²) in [6.07, 6.45) is 3.51. The van der Waals surface area contributed by atoms with Crippen molar-refractivity contribution in [2.45, 2.75) is 43.6 Å². The minimum absolute atomic E-state index is 0.184. The predicted molar refractivity (Wildman–Crippen MR) is 243 cm³/mol. The van der Waals surface area contributed by atoms with E-state index in [1.807, 2.05) is 71.4 Å². The molecule has 0 spiro atoms. The lowest BCUT2D eigenvalue weighted by Gasteiger charge is -2.44. The summed E-state index contributed by atoms with van der Waals surface area (Å²) in [6, 6.07) is 41.9. The fourth-order valence-corrected chi connectivity index (χ4v) is 9.51. The van der Waals surface area contributed by atoms with Gasteiger partial charge in [-0.25, -0.2) is 9.07 Å². The van der Waals surface area contributed by atoms with E-state index >= 15 is 4.39 Å². The predicted octanol–water partition coefficient (Wildman–Crippen LogP) is 7.77. The van der Waals surface area contributed by atoms with Crippen LogP contribution in [-0.4, -0.2) is 101 Å². The minimum Gasteiger partial charge on any atom is -0.506 e. The molecule has 3 fully saturated rings. The Morgan fingerprint density at radius 3 is 2.20 bits per heavy atom. The van der Waals surface area contributed by atoms with Gasteiger partial charge in [0, 0.05) is 50.8 Å². The monoisotopic (exact) mass is 862 g/mol. The summed E-state index contributed by atoms with van der Waals surface area (Å²) in [5.74, 6) is -0.546. The zero-order chi connectivity index (χ0) is 43.5. The van der Waals surface area contributed by atoms with Gasteiger partial charge in [-0.2, -0.15) is 14.9 Å². The highest BCUT2D eigenvalue weighted by Crippen LogP contribution is 2.44. The molecule has 3 aliphatic heterocycles. The van der Waals surface area contributed by atoms with E-state index in [9.17, 15) is 9.90 Å². The van der Waals surface area contributed by atoms with Crippen molar-refractivity contribution in [3.05, 3.63) is 166 Å². The molecule has 5 aromatic carbocycles. The van der Waals surface area contributed by atoms with Crippen molar-refractivity contribution in [3.8, 4) is 28.4 Å². The van der Waals surface area contributed by atoms with Crippen LogP contribution in [-0.2, 0) is 19.7 Å².